The number of aryl methyl sites for hydroxylation is 2. The molecule has 0 heterocycles. The molecule has 1 unspecified atom stereocenters. The Balaban J connectivity index is 3.38. The summed E-state index contributed by atoms with van der Waals surface area (Å²) in [5, 5.41) is 0. The Kier molecular flexibility index (Phi) is 5.12. The summed E-state index contributed by atoms with van der Waals surface area (Å²) in [5.41, 5.74) is 2.28. The lowest BCUT2D eigenvalue weighted by Gasteiger charge is -2.30. The molecule has 1 aromatic carbocycles. The molecule has 0 aliphatic heterocycles. The number of hydrogen-bond acceptors (Lipinski definition) is 4. The topological polar surface area (TPSA) is 55.8 Å². The van der Waals surface area contributed by atoms with Crippen LogP contribution in [0.5, 0.6) is 0 Å². The Labute approximate surface area is 120 Å². The van der Waals surface area contributed by atoms with Crippen molar-refractivity contribution in [2.75, 3.05) is 25.7 Å². The Morgan fingerprint density at radius 1 is 1.30 bits per heavy atom. The number of ether oxygens (including phenoxy) is 2. The number of nitrogens with zero attached hydrogens (tertiary/aromatic N) is 1. The van der Waals surface area contributed by atoms with E-state index in [0.29, 0.717) is 5.69 Å². The van der Waals surface area contributed by atoms with Gasteiger partial charge < -0.3 is 9.47 Å². The molecule has 0 spiro atoms. The maximum atomic E-state index is 12.4. The van der Waals surface area contributed by atoms with E-state index in [1.165, 1.54) is 19.1 Å². The Hall–Kier alpha value is -1.88. The number of anilines is 1. The lowest BCUT2D eigenvalue weighted by atomic mass is 10.1. The summed E-state index contributed by atoms with van der Waals surface area (Å²) in [6.07, 6.45) is 0. The summed E-state index contributed by atoms with van der Waals surface area (Å²) >= 11 is 0. The number of carbonyl (C=O) groups excluding carboxylic acids is 2. The molecule has 1 rings (SSSR count). The molecule has 0 radical (unpaired) electrons. The van der Waals surface area contributed by atoms with Gasteiger partial charge >= 0.3 is 5.97 Å². The minimum Gasteiger partial charge on any atom is -0.467 e. The second kappa shape index (κ2) is 7.05. The maximum absolute atomic E-state index is 12.4. The SMILES string of the molecule is [2H]C(OC)C(=O)N(c1c(C)cccc1C)[C@@H](C)C(=O)OC. The molecule has 0 bridgehead atoms. The molecular formula is C15H21NO4. The largest absolute Gasteiger partial charge is 0.467 e. The van der Waals surface area contributed by atoms with E-state index in [9.17, 15) is 9.59 Å². The van der Waals surface area contributed by atoms with E-state index in [1.54, 1.807) is 6.92 Å². The number of amides is 1. The van der Waals surface area contributed by atoms with Crippen molar-refractivity contribution in [3.63, 3.8) is 0 Å². The van der Waals surface area contributed by atoms with Gasteiger partial charge in [-0.3, -0.25) is 9.69 Å². The fourth-order valence-electron chi connectivity index (χ4n) is 2.11. The highest BCUT2D eigenvalue weighted by molar-refractivity contribution is 6.01. The first kappa shape index (κ1) is 14.5. The molecule has 0 aliphatic carbocycles. The van der Waals surface area contributed by atoms with E-state index in [-0.39, 0.29) is 0 Å². The van der Waals surface area contributed by atoms with Gasteiger partial charge in [0.1, 0.15) is 12.6 Å². The number of carbonyl (C=O) groups is 2. The van der Waals surface area contributed by atoms with Crippen molar-refractivity contribution in [3.05, 3.63) is 29.3 Å². The second-order valence-electron chi connectivity index (χ2n) is 4.50. The molecule has 2 atom stereocenters. The third-order valence-electron chi connectivity index (χ3n) is 3.07. The zero-order valence-corrected chi connectivity index (χ0v) is 12.5. The maximum Gasteiger partial charge on any atom is 0.328 e. The third kappa shape index (κ3) is 3.36. The summed E-state index contributed by atoms with van der Waals surface area (Å²) in [6.45, 7) is 3.87. The zero-order valence-electron chi connectivity index (χ0n) is 13.5. The van der Waals surface area contributed by atoms with E-state index in [0.717, 1.165) is 11.1 Å². The van der Waals surface area contributed by atoms with Crippen LogP contribution in [0, 0.1) is 13.8 Å². The van der Waals surface area contributed by atoms with Crippen LogP contribution in [-0.4, -0.2) is 38.7 Å². The van der Waals surface area contributed by atoms with Crippen LogP contribution < -0.4 is 4.90 Å². The first-order valence-electron chi connectivity index (χ1n) is 6.85. The highest BCUT2D eigenvalue weighted by Crippen LogP contribution is 2.27. The van der Waals surface area contributed by atoms with Gasteiger partial charge in [0.15, 0.2) is 0 Å². The van der Waals surface area contributed by atoms with Crippen LogP contribution in [0.4, 0.5) is 5.69 Å². The van der Waals surface area contributed by atoms with Gasteiger partial charge in [-0.1, -0.05) is 18.2 Å². The normalized spacial score (nSPS) is 14.2. The summed E-state index contributed by atoms with van der Waals surface area (Å²) < 4.78 is 17.2. The van der Waals surface area contributed by atoms with Crippen molar-refractivity contribution in [2.45, 2.75) is 26.8 Å². The van der Waals surface area contributed by atoms with E-state index in [4.69, 9.17) is 10.8 Å². The highest BCUT2D eigenvalue weighted by Gasteiger charge is 2.29. The number of para-hydroxylation sites is 1. The van der Waals surface area contributed by atoms with E-state index in [1.807, 2.05) is 32.0 Å². The number of hydrogen-bond donors (Lipinski definition) is 0. The minimum atomic E-state index is -1.39. The second-order valence-corrected chi connectivity index (χ2v) is 4.50. The standard InChI is InChI=1S/C15H21NO4/c1-10-7-6-8-11(2)14(10)16(13(17)9-19-4)12(3)15(18)20-5/h6-8,12H,9H2,1-5H3/t12-/m0/s1/i9D/t9?,12-. The van der Waals surface area contributed by atoms with Crippen LogP contribution in [0.1, 0.15) is 19.4 Å². The van der Waals surface area contributed by atoms with Gasteiger partial charge in [-0.15, -0.1) is 0 Å². The zero-order chi connectivity index (χ0) is 16.2. The van der Waals surface area contributed by atoms with Crippen LogP contribution in [0.15, 0.2) is 18.2 Å². The van der Waals surface area contributed by atoms with Crippen molar-refractivity contribution in [3.8, 4) is 0 Å². The van der Waals surface area contributed by atoms with Crippen molar-refractivity contribution in [1.82, 2.24) is 0 Å². The predicted octanol–water partition coefficient (Wildman–Crippen LogP) is 1.84. The van der Waals surface area contributed by atoms with Gasteiger partial charge in [0, 0.05) is 7.11 Å². The Morgan fingerprint density at radius 2 is 1.85 bits per heavy atom. The molecule has 1 amide bonds. The third-order valence-corrected chi connectivity index (χ3v) is 3.07. The number of benzene rings is 1. The van der Waals surface area contributed by atoms with E-state index >= 15 is 0 Å². The van der Waals surface area contributed by atoms with Gasteiger partial charge in [-0.05, 0) is 31.9 Å². The van der Waals surface area contributed by atoms with Crippen LogP contribution in [0.2, 0.25) is 0 Å². The van der Waals surface area contributed by atoms with E-state index < -0.39 is 24.5 Å². The smallest absolute Gasteiger partial charge is 0.328 e. The number of methoxy groups -OCH3 is 2. The highest BCUT2D eigenvalue weighted by atomic mass is 16.5. The monoisotopic (exact) mass is 280 g/mol. The van der Waals surface area contributed by atoms with Crippen molar-refractivity contribution >= 4 is 17.6 Å². The first-order chi connectivity index (χ1) is 9.84. The molecule has 5 heteroatoms. The molecule has 0 fully saturated rings. The quantitative estimate of drug-likeness (QED) is 0.772. The van der Waals surface area contributed by atoms with Crippen molar-refractivity contribution in [1.29, 1.82) is 0 Å². The van der Waals surface area contributed by atoms with E-state index in [2.05, 4.69) is 0 Å². The van der Waals surface area contributed by atoms with Crippen LogP contribution in [0.25, 0.3) is 0 Å². The van der Waals surface area contributed by atoms with Crippen molar-refractivity contribution < 1.29 is 20.4 Å². The molecule has 20 heavy (non-hydrogen) atoms. The summed E-state index contributed by atoms with van der Waals surface area (Å²) in [6, 6.07) is 4.72. The van der Waals surface area contributed by atoms with Gasteiger partial charge in [0.25, 0.3) is 5.91 Å². The van der Waals surface area contributed by atoms with Gasteiger partial charge in [0.2, 0.25) is 0 Å². The van der Waals surface area contributed by atoms with Gasteiger partial charge in [-0.2, -0.15) is 0 Å². The van der Waals surface area contributed by atoms with Crippen LogP contribution in [0.3, 0.4) is 0 Å². The fourth-order valence-corrected chi connectivity index (χ4v) is 2.11. The molecule has 1 aromatic rings. The predicted molar refractivity (Wildman–Crippen MR) is 76.8 cm³/mol. The van der Waals surface area contributed by atoms with Gasteiger partial charge in [0.05, 0.1) is 14.2 Å². The summed E-state index contributed by atoms with van der Waals surface area (Å²) in [5.74, 6) is -1.15. The van der Waals surface area contributed by atoms with Crippen molar-refractivity contribution in [2.24, 2.45) is 0 Å². The molecule has 0 N–H and O–H groups in total. The molecule has 0 saturated heterocycles. The lowest BCUT2D eigenvalue weighted by molar-refractivity contribution is -0.143. The summed E-state index contributed by atoms with van der Waals surface area (Å²) in [7, 11) is 2.54. The molecule has 0 aromatic heterocycles. The Bertz CT molecular complexity index is 512. The van der Waals surface area contributed by atoms with Crippen LogP contribution >= 0.6 is 0 Å². The first-order valence-corrected chi connectivity index (χ1v) is 6.27. The molecule has 5 nitrogen and oxygen atoms in total. The lowest BCUT2D eigenvalue weighted by Crippen LogP contribution is -2.46. The van der Waals surface area contributed by atoms with Gasteiger partial charge in [-0.25, -0.2) is 4.79 Å². The molecule has 0 saturated carbocycles. The number of rotatable bonds is 5. The molecule has 110 valence electrons. The minimum absolute atomic E-state index is 0.547. The molecule has 0 aliphatic rings. The average Bonchev–Trinajstić information content (AvgIpc) is 2.48. The number of esters is 1. The fraction of sp³-hybridized carbons (Fsp3) is 0.467. The average molecular weight is 280 g/mol. The molecular weight excluding hydrogens is 258 g/mol. The van der Waals surface area contributed by atoms with Crippen LogP contribution in [-0.2, 0) is 19.1 Å². The Morgan fingerprint density at radius 3 is 2.30 bits per heavy atom. The summed E-state index contributed by atoms with van der Waals surface area (Å²) in [4.78, 5) is 25.6.